The molecule has 1 saturated heterocycles. The van der Waals surface area contributed by atoms with Crippen LogP contribution in [0.4, 0.5) is 5.13 Å². The van der Waals surface area contributed by atoms with Crippen LogP contribution in [0.3, 0.4) is 0 Å². The number of nitrogens with two attached hydrogens (primary N) is 1. The van der Waals surface area contributed by atoms with E-state index in [4.69, 9.17) is 5.73 Å². The molecule has 2 aromatic heterocycles. The number of hydrogen-bond acceptors (Lipinski definition) is 6. The van der Waals surface area contributed by atoms with E-state index in [1.54, 1.807) is 22.7 Å². The van der Waals surface area contributed by atoms with Crippen molar-refractivity contribution in [1.29, 1.82) is 0 Å². The third-order valence-electron chi connectivity index (χ3n) is 4.92. The molecule has 24 heavy (non-hydrogen) atoms. The van der Waals surface area contributed by atoms with E-state index in [2.05, 4.69) is 56.0 Å². The molecule has 1 aromatic carbocycles. The summed E-state index contributed by atoms with van der Waals surface area (Å²) >= 11 is 3.20. The van der Waals surface area contributed by atoms with Gasteiger partial charge in [0.25, 0.3) is 0 Å². The Morgan fingerprint density at radius 3 is 2.54 bits per heavy atom. The quantitative estimate of drug-likeness (QED) is 0.773. The first kappa shape index (κ1) is 15.7. The predicted molar refractivity (Wildman–Crippen MR) is 100 cm³/mol. The number of likely N-dealkylation sites (tertiary alicyclic amines) is 1. The molecule has 0 spiro atoms. The highest BCUT2D eigenvalue weighted by Crippen LogP contribution is 2.42. The number of piperidine rings is 1. The van der Waals surface area contributed by atoms with Crippen LogP contribution in [0.15, 0.2) is 46.6 Å². The van der Waals surface area contributed by atoms with Gasteiger partial charge in [-0.25, -0.2) is 9.97 Å². The van der Waals surface area contributed by atoms with E-state index in [-0.39, 0.29) is 5.41 Å². The fourth-order valence-electron chi connectivity index (χ4n) is 3.59. The van der Waals surface area contributed by atoms with Crippen molar-refractivity contribution in [2.45, 2.75) is 24.8 Å². The van der Waals surface area contributed by atoms with E-state index in [0.29, 0.717) is 5.13 Å². The van der Waals surface area contributed by atoms with E-state index in [9.17, 15) is 0 Å². The topological polar surface area (TPSA) is 55.0 Å². The Morgan fingerprint density at radius 1 is 1.12 bits per heavy atom. The van der Waals surface area contributed by atoms with Crippen LogP contribution >= 0.6 is 22.7 Å². The van der Waals surface area contributed by atoms with Crippen LogP contribution in [0.25, 0.3) is 0 Å². The second-order valence-electron chi connectivity index (χ2n) is 6.28. The molecule has 124 valence electrons. The summed E-state index contributed by atoms with van der Waals surface area (Å²) in [7, 11) is 0. The minimum atomic E-state index is -0.0199. The molecule has 4 nitrogen and oxygen atoms in total. The lowest BCUT2D eigenvalue weighted by Gasteiger charge is -2.41. The third kappa shape index (κ3) is 2.97. The van der Waals surface area contributed by atoms with Crippen LogP contribution in [-0.4, -0.2) is 28.0 Å². The lowest BCUT2D eigenvalue weighted by atomic mass is 9.70. The zero-order valence-electron chi connectivity index (χ0n) is 13.4. The summed E-state index contributed by atoms with van der Waals surface area (Å²) in [5.74, 6) is 0. The first-order valence-electron chi connectivity index (χ1n) is 8.13. The van der Waals surface area contributed by atoms with Crippen LogP contribution in [0, 0.1) is 0 Å². The van der Waals surface area contributed by atoms with Crippen LogP contribution in [0.1, 0.15) is 29.8 Å². The minimum Gasteiger partial charge on any atom is -0.375 e. The Bertz CT molecular complexity index is 774. The van der Waals surface area contributed by atoms with Crippen molar-refractivity contribution < 1.29 is 0 Å². The van der Waals surface area contributed by atoms with Crippen molar-refractivity contribution in [2.75, 3.05) is 18.8 Å². The maximum absolute atomic E-state index is 5.93. The van der Waals surface area contributed by atoms with Gasteiger partial charge in [0.15, 0.2) is 5.13 Å². The molecule has 1 fully saturated rings. The van der Waals surface area contributed by atoms with Gasteiger partial charge in [-0.3, -0.25) is 4.90 Å². The lowest BCUT2D eigenvalue weighted by molar-refractivity contribution is 0.169. The second kappa shape index (κ2) is 6.63. The molecule has 0 unspecified atom stereocenters. The number of thiazole rings is 2. The summed E-state index contributed by atoms with van der Waals surface area (Å²) in [5, 5.41) is 4.93. The molecule has 0 amide bonds. The van der Waals surface area contributed by atoms with Crippen LogP contribution in [0.5, 0.6) is 0 Å². The summed E-state index contributed by atoms with van der Waals surface area (Å²) in [4.78, 5) is 11.6. The van der Waals surface area contributed by atoms with Crippen molar-refractivity contribution >= 4 is 27.8 Å². The van der Waals surface area contributed by atoms with Gasteiger partial charge in [0.1, 0.15) is 0 Å². The Morgan fingerprint density at radius 2 is 1.92 bits per heavy atom. The summed E-state index contributed by atoms with van der Waals surface area (Å²) in [6.45, 7) is 3.03. The third-order valence-corrected chi connectivity index (χ3v) is 6.23. The normalized spacial score (nSPS) is 17.8. The smallest absolute Gasteiger partial charge is 0.180 e. The van der Waals surface area contributed by atoms with Crippen molar-refractivity contribution in [3.8, 4) is 0 Å². The second-order valence-corrected chi connectivity index (χ2v) is 7.88. The van der Waals surface area contributed by atoms with Crippen molar-refractivity contribution in [1.82, 2.24) is 14.9 Å². The van der Waals surface area contributed by atoms with Crippen molar-refractivity contribution in [2.24, 2.45) is 0 Å². The predicted octanol–water partition coefficient (Wildman–Crippen LogP) is 3.76. The number of anilines is 1. The fraction of sp³-hybridized carbons (Fsp3) is 0.333. The molecular weight excluding hydrogens is 336 g/mol. The molecule has 4 rings (SSSR count). The summed E-state index contributed by atoms with van der Waals surface area (Å²) < 4.78 is 0. The monoisotopic (exact) mass is 356 g/mol. The fourth-order valence-corrected chi connectivity index (χ4v) is 4.81. The number of benzene rings is 1. The highest BCUT2D eigenvalue weighted by molar-refractivity contribution is 7.13. The first-order chi connectivity index (χ1) is 11.8. The Hall–Kier alpha value is -1.76. The zero-order valence-corrected chi connectivity index (χ0v) is 15.0. The molecule has 3 heterocycles. The van der Waals surface area contributed by atoms with Gasteiger partial charge in [0, 0.05) is 22.7 Å². The molecule has 0 atom stereocenters. The summed E-state index contributed by atoms with van der Waals surface area (Å²) in [6.07, 6.45) is 2.12. The number of nitrogen functional groups attached to an aromatic ring is 1. The van der Waals surface area contributed by atoms with Gasteiger partial charge in [0.05, 0.1) is 16.9 Å². The largest absolute Gasteiger partial charge is 0.375 e. The molecular formula is C18H20N4S2. The Labute approximate surface area is 150 Å². The molecule has 0 aliphatic carbocycles. The van der Waals surface area contributed by atoms with Crippen LogP contribution in [0.2, 0.25) is 0 Å². The van der Waals surface area contributed by atoms with Gasteiger partial charge in [-0.05, 0) is 31.5 Å². The minimum absolute atomic E-state index is 0.0199. The van der Waals surface area contributed by atoms with Crippen molar-refractivity contribution in [3.05, 3.63) is 63.6 Å². The van der Waals surface area contributed by atoms with E-state index in [1.807, 2.05) is 5.51 Å². The van der Waals surface area contributed by atoms with Crippen molar-refractivity contribution in [3.63, 3.8) is 0 Å². The standard InChI is InChI=1S/C18H20N4S2/c19-17-21-16(12-24-17)18(14-4-2-1-3-5-14)6-8-22(9-7-18)10-15-11-23-13-20-15/h1-5,11-13H,6-10H2,(H2,19,21). The average Bonchev–Trinajstić information content (AvgIpc) is 3.29. The molecule has 1 aliphatic rings. The number of aromatic nitrogens is 2. The van der Waals surface area contributed by atoms with E-state index >= 15 is 0 Å². The average molecular weight is 357 g/mol. The van der Waals surface area contributed by atoms with Gasteiger partial charge >= 0.3 is 0 Å². The van der Waals surface area contributed by atoms with E-state index in [1.165, 1.54) is 11.3 Å². The SMILES string of the molecule is Nc1nc(C2(c3ccccc3)CCN(Cc3cscn3)CC2)cs1. The highest BCUT2D eigenvalue weighted by Gasteiger charge is 2.39. The molecule has 3 aromatic rings. The summed E-state index contributed by atoms with van der Waals surface area (Å²) in [6, 6.07) is 10.8. The van der Waals surface area contributed by atoms with Gasteiger partial charge in [-0.1, -0.05) is 30.3 Å². The number of hydrogen-bond donors (Lipinski definition) is 1. The number of rotatable bonds is 4. The molecule has 2 N–H and O–H groups in total. The van der Waals surface area contributed by atoms with Gasteiger partial charge in [-0.15, -0.1) is 22.7 Å². The Balaban J connectivity index is 1.59. The summed E-state index contributed by atoms with van der Waals surface area (Å²) in [5.41, 5.74) is 11.5. The zero-order chi connectivity index (χ0) is 16.4. The van der Waals surface area contributed by atoms with Gasteiger partial charge in [-0.2, -0.15) is 0 Å². The lowest BCUT2D eigenvalue weighted by Crippen LogP contribution is -2.43. The van der Waals surface area contributed by atoms with E-state index in [0.717, 1.165) is 38.2 Å². The molecule has 6 heteroatoms. The maximum Gasteiger partial charge on any atom is 0.180 e. The highest BCUT2D eigenvalue weighted by atomic mass is 32.1. The molecule has 1 aliphatic heterocycles. The molecule has 0 bridgehead atoms. The maximum atomic E-state index is 5.93. The van der Waals surface area contributed by atoms with Crippen LogP contribution in [-0.2, 0) is 12.0 Å². The van der Waals surface area contributed by atoms with Gasteiger partial charge in [0.2, 0.25) is 0 Å². The van der Waals surface area contributed by atoms with E-state index < -0.39 is 0 Å². The number of nitrogens with zero attached hydrogens (tertiary/aromatic N) is 3. The van der Waals surface area contributed by atoms with Gasteiger partial charge < -0.3 is 5.73 Å². The Kier molecular flexibility index (Phi) is 4.35. The van der Waals surface area contributed by atoms with Crippen LogP contribution < -0.4 is 5.73 Å². The molecule has 0 saturated carbocycles. The molecule has 0 radical (unpaired) electrons. The first-order valence-corrected chi connectivity index (χ1v) is 9.95.